The number of sulfonamides is 1. The Kier molecular flexibility index (Phi) is 7.26. The van der Waals surface area contributed by atoms with Crippen molar-refractivity contribution in [3.8, 4) is 17.2 Å². The predicted octanol–water partition coefficient (Wildman–Crippen LogP) is 4.10. The molecule has 0 radical (unpaired) electrons. The molecule has 3 aromatic rings. The topological polar surface area (TPSA) is 94.2 Å². The molecular weight excluding hydrogens is 468 g/mol. The molecule has 0 aromatic heterocycles. The summed E-state index contributed by atoms with van der Waals surface area (Å²) in [5, 5.41) is 0. The second kappa shape index (κ2) is 10.5. The van der Waals surface area contributed by atoms with E-state index in [2.05, 4.69) is 11.3 Å². The normalized spacial score (nSPS) is 12.5. The fourth-order valence-corrected chi connectivity index (χ4v) is 4.60. The van der Waals surface area contributed by atoms with Crippen molar-refractivity contribution in [3.63, 3.8) is 0 Å². The Labute approximate surface area is 204 Å². The van der Waals surface area contributed by atoms with Gasteiger partial charge < -0.3 is 19.1 Å². The van der Waals surface area contributed by atoms with E-state index in [1.165, 1.54) is 18.2 Å². The summed E-state index contributed by atoms with van der Waals surface area (Å²) in [6.07, 6.45) is 1.67. The van der Waals surface area contributed by atoms with Crippen molar-refractivity contribution < 1.29 is 27.4 Å². The summed E-state index contributed by atoms with van der Waals surface area (Å²) in [7, 11) is -2.21. The fraction of sp³-hybridized carbons (Fsp3) is 0.192. The summed E-state index contributed by atoms with van der Waals surface area (Å²) >= 11 is 0. The summed E-state index contributed by atoms with van der Waals surface area (Å²) in [5.74, 6) is 1.37. The van der Waals surface area contributed by atoms with Gasteiger partial charge in [-0.15, -0.1) is 0 Å². The molecule has 1 N–H and O–H groups in total. The number of ether oxygens (including phenoxy) is 3. The number of nitrogens with one attached hydrogen (secondary N) is 1. The van der Waals surface area contributed by atoms with Gasteiger partial charge in [0.25, 0.3) is 15.9 Å². The van der Waals surface area contributed by atoms with E-state index >= 15 is 0 Å². The van der Waals surface area contributed by atoms with Gasteiger partial charge in [-0.25, -0.2) is 8.42 Å². The van der Waals surface area contributed by atoms with Gasteiger partial charge in [-0.05, 0) is 48.0 Å². The lowest BCUT2D eigenvalue weighted by molar-refractivity contribution is 0.0785. The van der Waals surface area contributed by atoms with E-state index in [9.17, 15) is 13.2 Å². The number of anilines is 1. The Morgan fingerprint density at radius 2 is 1.80 bits per heavy atom. The zero-order valence-corrected chi connectivity index (χ0v) is 20.1. The molecule has 35 heavy (non-hydrogen) atoms. The maximum Gasteiger partial charge on any atom is 0.262 e. The van der Waals surface area contributed by atoms with Crippen LogP contribution >= 0.6 is 0 Å². The van der Waals surface area contributed by atoms with Crippen LogP contribution in [-0.4, -0.2) is 46.1 Å². The van der Waals surface area contributed by atoms with Crippen molar-refractivity contribution in [1.82, 2.24) is 4.90 Å². The van der Waals surface area contributed by atoms with Crippen LogP contribution < -0.4 is 18.9 Å². The van der Waals surface area contributed by atoms with Crippen LogP contribution in [0, 0.1) is 0 Å². The molecule has 0 fully saturated rings. The lowest BCUT2D eigenvalue weighted by atomic mass is 10.1. The number of benzene rings is 3. The smallest absolute Gasteiger partial charge is 0.262 e. The Morgan fingerprint density at radius 1 is 1.06 bits per heavy atom. The third kappa shape index (κ3) is 5.93. The van der Waals surface area contributed by atoms with Crippen molar-refractivity contribution in [1.29, 1.82) is 0 Å². The second-order valence-electron chi connectivity index (χ2n) is 7.90. The zero-order chi connectivity index (χ0) is 24.8. The van der Waals surface area contributed by atoms with Gasteiger partial charge in [-0.1, -0.05) is 30.9 Å². The Morgan fingerprint density at radius 3 is 2.54 bits per heavy atom. The van der Waals surface area contributed by atoms with Crippen LogP contribution in [0.2, 0.25) is 0 Å². The molecule has 0 aliphatic carbocycles. The van der Waals surface area contributed by atoms with Gasteiger partial charge in [0.05, 0.1) is 4.90 Å². The summed E-state index contributed by atoms with van der Waals surface area (Å²) in [4.78, 5) is 14.6. The number of amides is 1. The van der Waals surface area contributed by atoms with Gasteiger partial charge in [-0.3, -0.25) is 9.52 Å². The van der Waals surface area contributed by atoms with Crippen LogP contribution in [0.1, 0.15) is 15.9 Å². The van der Waals surface area contributed by atoms with E-state index in [1.807, 2.05) is 24.3 Å². The zero-order valence-electron chi connectivity index (χ0n) is 19.3. The first kappa shape index (κ1) is 24.2. The van der Waals surface area contributed by atoms with Gasteiger partial charge in [-0.2, -0.15) is 0 Å². The summed E-state index contributed by atoms with van der Waals surface area (Å²) in [6, 6.07) is 18.3. The Balaban J connectivity index is 1.44. The SMILES string of the molecule is C=CCOc1ccc(CN(C)C(=O)c2cccc(NS(=O)(=O)c3ccc4c(c3)OCCO4)c2)cc1. The lowest BCUT2D eigenvalue weighted by Gasteiger charge is -2.19. The highest BCUT2D eigenvalue weighted by atomic mass is 32.2. The quantitative estimate of drug-likeness (QED) is 0.450. The van der Waals surface area contributed by atoms with E-state index in [0.717, 1.165) is 11.3 Å². The first-order valence-corrected chi connectivity index (χ1v) is 12.4. The minimum atomic E-state index is -3.90. The Hall–Kier alpha value is -3.98. The number of hydrogen-bond donors (Lipinski definition) is 1. The van der Waals surface area contributed by atoms with Gasteiger partial charge in [0.1, 0.15) is 25.6 Å². The van der Waals surface area contributed by atoms with E-state index in [4.69, 9.17) is 14.2 Å². The van der Waals surface area contributed by atoms with Crippen molar-refractivity contribution in [3.05, 3.63) is 90.5 Å². The number of carbonyl (C=O) groups excluding carboxylic acids is 1. The molecule has 0 atom stereocenters. The summed E-state index contributed by atoms with van der Waals surface area (Å²) < 4.78 is 44.8. The first-order valence-electron chi connectivity index (χ1n) is 11.0. The molecule has 0 bridgehead atoms. The van der Waals surface area contributed by atoms with Crippen LogP contribution in [0.4, 0.5) is 5.69 Å². The van der Waals surface area contributed by atoms with E-state index < -0.39 is 10.0 Å². The third-order valence-electron chi connectivity index (χ3n) is 5.24. The second-order valence-corrected chi connectivity index (χ2v) is 9.58. The Bertz CT molecular complexity index is 1320. The van der Waals surface area contributed by atoms with Crippen molar-refractivity contribution >= 4 is 21.6 Å². The number of fused-ring (bicyclic) bond motifs is 1. The molecule has 0 unspecified atom stereocenters. The molecular formula is C26H26N2O6S. The molecule has 1 amide bonds. The molecule has 182 valence electrons. The molecule has 1 aliphatic rings. The maximum atomic E-state index is 13.0. The van der Waals surface area contributed by atoms with Crippen LogP contribution in [0.5, 0.6) is 17.2 Å². The predicted molar refractivity (Wildman–Crippen MR) is 133 cm³/mol. The molecule has 0 spiro atoms. The van der Waals surface area contributed by atoms with Crippen molar-refractivity contribution in [2.75, 3.05) is 31.6 Å². The molecule has 3 aromatic carbocycles. The number of rotatable bonds is 9. The minimum absolute atomic E-state index is 0.0381. The number of carbonyl (C=O) groups is 1. The van der Waals surface area contributed by atoms with Crippen LogP contribution in [0.3, 0.4) is 0 Å². The average molecular weight is 495 g/mol. The third-order valence-corrected chi connectivity index (χ3v) is 6.62. The van der Waals surface area contributed by atoms with E-state index in [1.54, 1.807) is 42.3 Å². The first-order chi connectivity index (χ1) is 16.9. The maximum absolute atomic E-state index is 13.0. The number of nitrogens with zero attached hydrogens (tertiary/aromatic N) is 1. The largest absolute Gasteiger partial charge is 0.490 e. The van der Waals surface area contributed by atoms with Gasteiger partial charge >= 0.3 is 0 Å². The van der Waals surface area contributed by atoms with Crippen LogP contribution in [-0.2, 0) is 16.6 Å². The van der Waals surface area contributed by atoms with Crippen molar-refractivity contribution in [2.45, 2.75) is 11.4 Å². The van der Waals surface area contributed by atoms with E-state index in [-0.39, 0.29) is 16.5 Å². The van der Waals surface area contributed by atoms with E-state index in [0.29, 0.717) is 43.4 Å². The fourth-order valence-electron chi connectivity index (χ4n) is 3.53. The van der Waals surface area contributed by atoms with Gasteiger partial charge in [0.15, 0.2) is 11.5 Å². The monoisotopic (exact) mass is 494 g/mol. The molecule has 0 saturated carbocycles. The average Bonchev–Trinajstić information content (AvgIpc) is 2.87. The highest BCUT2D eigenvalue weighted by molar-refractivity contribution is 7.92. The summed E-state index contributed by atoms with van der Waals surface area (Å²) in [5.41, 5.74) is 1.57. The summed E-state index contributed by atoms with van der Waals surface area (Å²) in [6.45, 7) is 5.20. The van der Waals surface area contributed by atoms with Crippen molar-refractivity contribution in [2.24, 2.45) is 0 Å². The van der Waals surface area contributed by atoms with Crippen LogP contribution in [0.15, 0.2) is 84.3 Å². The standard InChI is InChI=1S/C26H26N2O6S/c1-3-13-32-22-9-7-19(8-10-22)18-28(2)26(29)20-5-4-6-21(16-20)27-35(30,31)23-11-12-24-25(17-23)34-15-14-33-24/h3-12,16-17,27H,1,13-15,18H2,2H3. The minimum Gasteiger partial charge on any atom is -0.490 e. The molecule has 1 aliphatic heterocycles. The lowest BCUT2D eigenvalue weighted by Crippen LogP contribution is -2.26. The molecule has 8 nitrogen and oxygen atoms in total. The number of hydrogen-bond acceptors (Lipinski definition) is 6. The molecule has 4 rings (SSSR count). The highest BCUT2D eigenvalue weighted by Crippen LogP contribution is 2.32. The highest BCUT2D eigenvalue weighted by Gasteiger charge is 2.20. The van der Waals surface area contributed by atoms with Gasteiger partial charge in [0.2, 0.25) is 0 Å². The molecule has 0 saturated heterocycles. The van der Waals surface area contributed by atoms with Gasteiger partial charge in [0, 0.05) is 30.9 Å². The van der Waals surface area contributed by atoms with Crippen LogP contribution in [0.25, 0.3) is 0 Å². The molecule has 9 heteroatoms. The molecule has 1 heterocycles.